The van der Waals surface area contributed by atoms with Gasteiger partial charge in [0.1, 0.15) is 5.75 Å². The van der Waals surface area contributed by atoms with Crippen molar-refractivity contribution in [1.82, 2.24) is 0 Å². The van der Waals surface area contributed by atoms with Crippen molar-refractivity contribution in [2.45, 2.75) is 27.7 Å². The van der Waals surface area contributed by atoms with Crippen LogP contribution in [0.4, 0.5) is 0 Å². The molecule has 0 aromatic heterocycles. The highest BCUT2D eigenvalue weighted by molar-refractivity contribution is 5.69. The molecule has 0 amide bonds. The fourth-order valence-electron chi connectivity index (χ4n) is 1.30. The number of benzene rings is 1. The quantitative estimate of drug-likeness (QED) is 0.756. The summed E-state index contributed by atoms with van der Waals surface area (Å²) in [5.74, 6) is 0.332. The minimum absolute atomic E-state index is 0.332. The SMILES string of the molecule is C=Cc1ccc(O)c(C)c1/C=C\C.CC. The highest BCUT2D eigenvalue weighted by Crippen LogP contribution is 2.25. The van der Waals surface area contributed by atoms with Crippen LogP contribution in [-0.2, 0) is 0 Å². The van der Waals surface area contributed by atoms with Gasteiger partial charge in [0.25, 0.3) is 0 Å². The molecule has 0 aliphatic heterocycles. The molecule has 15 heavy (non-hydrogen) atoms. The zero-order valence-corrected chi connectivity index (χ0v) is 10.0. The van der Waals surface area contributed by atoms with Gasteiger partial charge in [-0.1, -0.05) is 44.7 Å². The molecule has 0 heterocycles. The van der Waals surface area contributed by atoms with Crippen molar-refractivity contribution in [3.63, 3.8) is 0 Å². The smallest absolute Gasteiger partial charge is 0.119 e. The maximum atomic E-state index is 9.48. The molecule has 0 unspecified atom stereocenters. The normalized spacial score (nSPS) is 9.60. The Hall–Kier alpha value is -1.50. The first-order chi connectivity index (χ1) is 7.20. The van der Waals surface area contributed by atoms with E-state index in [0.29, 0.717) is 5.75 Å². The zero-order chi connectivity index (χ0) is 11.8. The van der Waals surface area contributed by atoms with Crippen LogP contribution in [0.2, 0.25) is 0 Å². The van der Waals surface area contributed by atoms with Crippen LogP contribution in [0.1, 0.15) is 37.5 Å². The molecule has 1 heteroatoms. The van der Waals surface area contributed by atoms with Gasteiger partial charge in [-0.15, -0.1) is 0 Å². The summed E-state index contributed by atoms with van der Waals surface area (Å²) < 4.78 is 0. The fourth-order valence-corrected chi connectivity index (χ4v) is 1.30. The maximum Gasteiger partial charge on any atom is 0.119 e. The van der Waals surface area contributed by atoms with E-state index in [1.165, 1.54) is 0 Å². The van der Waals surface area contributed by atoms with Crippen molar-refractivity contribution in [3.05, 3.63) is 41.5 Å². The van der Waals surface area contributed by atoms with Gasteiger partial charge >= 0.3 is 0 Å². The molecule has 0 aliphatic carbocycles. The van der Waals surface area contributed by atoms with E-state index in [4.69, 9.17) is 0 Å². The Balaban J connectivity index is 0.000000921. The predicted octanol–water partition coefficient (Wildman–Crippen LogP) is 4.40. The van der Waals surface area contributed by atoms with E-state index >= 15 is 0 Å². The molecule has 0 fully saturated rings. The van der Waals surface area contributed by atoms with Gasteiger partial charge in [0, 0.05) is 0 Å². The minimum Gasteiger partial charge on any atom is -0.508 e. The fraction of sp³-hybridized carbons (Fsp3) is 0.286. The van der Waals surface area contributed by atoms with Crippen molar-refractivity contribution in [2.24, 2.45) is 0 Å². The van der Waals surface area contributed by atoms with Crippen LogP contribution in [0.3, 0.4) is 0 Å². The van der Waals surface area contributed by atoms with E-state index in [9.17, 15) is 5.11 Å². The number of hydrogen-bond acceptors (Lipinski definition) is 1. The molecule has 1 nitrogen and oxygen atoms in total. The van der Waals surface area contributed by atoms with Crippen molar-refractivity contribution < 1.29 is 5.11 Å². The summed E-state index contributed by atoms with van der Waals surface area (Å²) in [7, 11) is 0. The molecule has 0 aliphatic rings. The Morgan fingerprint density at radius 1 is 1.27 bits per heavy atom. The summed E-state index contributed by atoms with van der Waals surface area (Å²) >= 11 is 0. The lowest BCUT2D eigenvalue weighted by Gasteiger charge is -2.07. The largest absolute Gasteiger partial charge is 0.508 e. The second kappa shape index (κ2) is 6.88. The Bertz CT molecular complexity index is 349. The van der Waals surface area contributed by atoms with E-state index in [0.717, 1.165) is 16.7 Å². The van der Waals surface area contributed by atoms with E-state index in [1.807, 2.05) is 45.9 Å². The number of aromatic hydroxyl groups is 1. The summed E-state index contributed by atoms with van der Waals surface area (Å²) in [6, 6.07) is 3.56. The molecular weight excluding hydrogens is 184 g/mol. The average molecular weight is 204 g/mol. The molecule has 1 aromatic carbocycles. The van der Waals surface area contributed by atoms with Crippen molar-refractivity contribution in [2.75, 3.05) is 0 Å². The number of rotatable bonds is 2. The maximum absolute atomic E-state index is 9.48. The van der Waals surface area contributed by atoms with Gasteiger partial charge in [0.2, 0.25) is 0 Å². The van der Waals surface area contributed by atoms with Gasteiger partial charge in [0.15, 0.2) is 0 Å². The van der Waals surface area contributed by atoms with Gasteiger partial charge in [0.05, 0.1) is 0 Å². The lowest BCUT2D eigenvalue weighted by Crippen LogP contribution is -1.86. The van der Waals surface area contributed by atoms with E-state index in [1.54, 1.807) is 12.1 Å². The van der Waals surface area contributed by atoms with Crippen molar-refractivity contribution in [1.29, 1.82) is 0 Å². The zero-order valence-electron chi connectivity index (χ0n) is 10.0. The molecule has 1 N–H and O–H groups in total. The summed E-state index contributed by atoms with van der Waals surface area (Å²) in [5.41, 5.74) is 2.99. The highest BCUT2D eigenvalue weighted by atomic mass is 16.3. The molecule has 0 atom stereocenters. The summed E-state index contributed by atoms with van der Waals surface area (Å²) in [5, 5.41) is 9.48. The number of phenols is 1. The van der Waals surface area contributed by atoms with E-state index < -0.39 is 0 Å². The number of phenolic OH excluding ortho intramolecular Hbond substituents is 1. The molecule has 0 saturated heterocycles. The van der Waals surface area contributed by atoms with Crippen LogP contribution in [-0.4, -0.2) is 5.11 Å². The van der Waals surface area contributed by atoms with Crippen LogP contribution in [0.15, 0.2) is 24.8 Å². The first kappa shape index (κ1) is 13.5. The molecular formula is C14H20O. The van der Waals surface area contributed by atoms with Crippen LogP contribution in [0.25, 0.3) is 12.2 Å². The van der Waals surface area contributed by atoms with E-state index in [-0.39, 0.29) is 0 Å². The summed E-state index contributed by atoms with van der Waals surface area (Å²) in [6.07, 6.45) is 5.72. The first-order valence-corrected chi connectivity index (χ1v) is 5.28. The third-order valence-electron chi connectivity index (χ3n) is 2.07. The van der Waals surface area contributed by atoms with Gasteiger partial charge in [-0.25, -0.2) is 0 Å². The number of allylic oxidation sites excluding steroid dienone is 1. The van der Waals surface area contributed by atoms with E-state index in [2.05, 4.69) is 6.58 Å². The van der Waals surface area contributed by atoms with Gasteiger partial charge in [-0.2, -0.15) is 0 Å². The topological polar surface area (TPSA) is 20.2 Å². The molecule has 0 radical (unpaired) electrons. The lowest BCUT2D eigenvalue weighted by atomic mass is 10.0. The molecule has 82 valence electrons. The van der Waals surface area contributed by atoms with Crippen LogP contribution in [0.5, 0.6) is 5.75 Å². The van der Waals surface area contributed by atoms with Crippen molar-refractivity contribution in [3.8, 4) is 5.75 Å². The van der Waals surface area contributed by atoms with Crippen molar-refractivity contribution >= 4 is 12.2 Å². The number of hydrogen-bond donors (Lipinski definition) is 1. The van der Waals surface area contributed by atoms with Gasteiger partial charge in [-0.3, -0.25) is 0 Å². The Morgan fingerprint density at radius 2 is 1.87 bits per heavy atom. The second-order valence-electron chi connectivity index (χ2n) is 2.92. The minimum atomic E-state index is 0.332. The summed E-state index contributed by atoms with van der Waals surface area (Å²) in [4.78, 5) is 0. The van der Waals surface area contributed by atoms with Crippen LogP contribution >= 0.6 is 0 Å². The van der Waals surface area contributed by atoms with Crippen LogP contribution < -0.4 is 0 Å². The standard InChI is InChI=1S/C12H14O.C2H6/c1-4-6-11-9(3)12(13)8-7-10(11)5-2;1-2/h4-8,13H,2H2,1,3H3;1-2H3/b6-4-;. The summed E-state index contributed by atoms with van der Waals surface area (Å²) in [6.45, 7) is 11.6. The highest BCUT2D eigenvalue weighted by Gasteiger charge is 2.03. The lowest BCUT2D eigenvalue weighted by molar-refractivity contribution is 0.471. The molecule has 0 saturated carbocycles. The van der Waals surface area contributed by atoms with Gasteiger partial charge < -0.3 is 5.11 Å². The predicted molar refractivity (Wildman–Crippen MR) is 69.0 cm³/mol. The van der Waals surface area contributed by atoms with Crippen LogP contribution in [0, 0.1) is 6.92 Å². The molecule has 0 spiro atoms. The Labute approximate surface area is 92.8 Å². The molecule has 0 bridgehead atoms. The molecule has 1 rings (SSSR count). The second-order valence-corrected chi connectivity index (χ2v) is 2.92. The first-order valence-electron chi connectivity index (χ1n) is 5.28. The Kier molecular flexibility index (Phi) is 6.19. The Morgan fingerprint density at radius 3 is 2.33 bits per heavy atom. The average Bonchev–Trinajstić information content (AvgIpc) is 2.28. The monoisotopic (exact) mass is 204 g/mol. The third-order valence-corrected chi connectivity index (χ3v) is 2.07. The third kappa shape index (κ3) is 3.28. The molecule has 1 aromatic rings. The van der Waals surface area contributed by atoms with Gasteiger partial charge in [-0.05, 0) is 36.6 Å².